The van der Waals surface area contributed by atoms with E-state index in [1.54, 1.807) is 19.1 Å². The molecule has 1 unspecified atom stereocenters. The number of rotatable bonds is 5. The Balaban J connectivity index is 2.20. The van der Waals surface area contributed by atoms with Crippen molar-refractivity contribution in [3.63, 3.8) is 0 Å². The molecule has 2 rings (SSSR count). The zero-order chi connectivity index (χ0) is 17.7. The summed E-state index contributed by atoms with van der Waals surface area (Å²) in [5, 5.41) is 21.9. The van der Waals surface area contributed by atoms with Gasteiger partial charge in [-0.25, -0.2) is 4.79 Å². The van der Waals surface area contributed by atoms with Crippen LogP contribution in [0, 0.1) is 0 Å². The molecule has 124 valence electrons. The minimum Gasteiger partial charge on any atom is -0.534 e. The molecule has 0 bridgehead atoms. The second kappa shape index (κ2) is 7.61. The Bertz CT molecular complexity index is 729. The number of carbonyl (C=O) groups excluding carboxylic acids is 1. The van der Waals surface area contributed by atoms with E-state index in [0.717, 1.165) is 0 Å². The van der Waals surface area contributed by atoms with Gasteiger partial charge in [-0.05, 0) is 25.0 Å². The van der Waals surface area contributed by atoms with Crippen LogP contribution in [0.3, 0.4) is 0 Å². The van der Waals surface area contributed by atoms with Crippen LogP contribution in [-0.2, 0) is 11.2 Å². The Kier molecular flexibility index (Phi) is 5.54. The van der Waals surface area contributed by atoms with E-state index in [4.69, 9.17) is 9.76 Å². The van der Waals surface area contributed by atoms with Gasteiger partial charge in [0.25, 0.3) is 5.91 Å². The SMILES string of the molecule is C=C/C(=C\N=CC)C(=O)NC1Cc2cccc(C(=O)O)c2OB1O. The summed E-state index contributed by atoms with van der Waals surface area (Å²) in [7, 11) is -1.36. The van der Waals surface area contributed by atoms with Gasteiger partial charge in [-0.3, -0.25) is 9.79 Å². The molecular formula is C16H17BN2O5. The Morgan fingerprint density at radius 3 is 2.88 bits per heavy atom. The van der Waals surface area contributed by atoms with E-state index in [2.05, 4.69) is 16.9 Å². The third-order valence-electron chi connectivity index (χ3n) is 3.51. The van der Waals surface area contributed by atoms with Crippen LogP contribution in [0.4, 0.5) is 0 Å². The van der Waals surface area contributed by atoms with Crippen molar-refractivity contribution in [1.29, 1.82) is 0 Å². The maximum Gasteiger partial charge on any atom is 0.547 e. The van der Waals surface area contributed by atoms with Crippen molar-refractivity contribution < 1.29 is 24.4 Å². The lowest BCUT2D eigenvalue weighted by atomic mass is 9.72. The van der Waals surface area contributed by atoms with Crippen molar-refractivity contribution in [2.45, 2.75) is 19.3 Å². The molecule has 0 spiro atoms. The number of amides is 1. The third kappa shape index (κ3) is 3.72. The molecule has 1 atom stereocenters. The molecule has 0 saturated carbocycles. The van der Waals surface area contributed by atoms with Crippen LogP contribution in [0.25, 0.3) is 0 Å². The fourth-order valence-corrected chi connectivity index (χ4v) is 2.33. The quantitative estimate of drug-likeness (QED) is 0.323. The Hall–Kier alpha value is -2.87. The van der Waals surface area contributed by atoms with Gasteiger partial charge in [-0.2, -0.15) is 0 Å². The zero-order valence-corrected chi connectivity index (χ0v) is 13.1. The summed E-state index contributed by atoms with van der Waals surface area (Å²) in [5.41, 5.74) is 0.812. The number of carboxylic acid groups (broad SMARTS) is 1. The molecule has 1 aliphatic heterocycles. The molecule has 3 N–H and O–H groups in total. The third-order valence-corrected chi connectivity index (χ3v) is 3.51. The van der Waals surface area contributed by atoms with Gasteiger partial charge in [0.1, 0.15) is 5.75 Å². The minimum absolute atomic E-state index is 0.0275. The number of hydrogen-bond donors (Lipinski definition) is 3. The van der Waals surface area contributed by atoms with E-state index >= 15 is 0 Å². The first kappa shape index (κ1) is 17.5. The summed E-state index contributed by atoms with van der Waals surface area (Å²) in [6.07, 6.45) is 4.48. The topological polar surface area (TPSA) is 108 Å². The van der Waals surface area contributed by atoms with Crippen LogP contribution in [0.5, 0.6) is 5.75 Å². The van der Waals surface area contributed by atoms with Crippen LogP contribution in [0.15, 0.2) is 47.6 Å². The summed E-state index contributed by atoms with van der Waals surface area (Å²) < 4.78 is 5.32. The first-order valence-corrected chi connectivity index (χ1v) is 7.29. The molecular weight excluding hydrogens is 311 g/mol. The summed E-state index contributed by atoms with van der Waals surface area (Å²) in [6.45, 7) is 5.27. The molecule has 0 fully saturated rings. The summed E-state index contributed by atoms with van der Waals surface area (Å²) in [6, 6.07) is 4.68. The molecule has 8 heteroatoms. The number of carboxylic acids is 1. The second-order valence-corrected chi connectivity index (χ2v) is 5.09. The Morgan fingerprint density at radius 1 is 1.50 bits per heavy atom. The van der Waals surface area contributed by atoms with E-state index in [1.165, 1.54) is 24.6 Å². The molecule has 24 heavy (non-hydrogen) atoms. The smallest absolute Gasteiger partial charge is 0.534 e. The number of nitrogens with one attached hydrogen (secondary N) is 1. The monoisotopic (exact) mass is 328 g/mol. The molecule has 0 radical (unpaired) electrons. The van der Waals surface area contributed by atoms with Crippen molar-refractivity contribution in [1.82, 2.24) is 5.32 Å². The first-order valence-electron chi connectivity index (χ1n) is 7.29. The van der Waals surface area contributed by atoms with Gasteiger partial charge >= 0.3 is 13.1 Å². The van der Waals surface area contributed by atoms with Gasteiger partial charge in [0.05, 0.1) is 17.1 Å². The number of nitrogens with zero attached hydrogens (tertiary/aromatic N) is 1. The molecule has 0 aromatic heterocycles. The number of aromatic carboxylic acids is 1. The van der Waals surface area contributed by atoms with Gasteiger partial charge in [-0.15, -0.1) is 0 Å². The summed E-state index contributed by atoms with van der Waals surface area (Å²) in [5.74, 6) is -2.20. The maximum absolute atomic E-state index is 12.2. The minimum atomic E-state index is -1.36. The predicted molar refractivity (Wildman–Crippen MR) is 90.1 cm³/mol. The molecule has 1 aromatic carbocycles. The number of para-hydroxylation sites is 1. The van der Waals surface area contributed by atoms with E-state index in [1.807, 2.05) is 0 Å². The van der Waals surface area contributed by atoms with Gasteiger partial charge in [0.15, 0.2) is 0 Å². The van der Waals surface area contributed by atoms with Crippen LogP contribution < -0.4 is 9.97 Å². The lowest BCUT2D eigenvalue weighted by Gasteiger charge is -2.28. The number of hydrogen-bond acceptors (Lipinski definition) is 5. The van der Waals surface area contributed by atoms with E-state index < -0.39 is 24.9 Å². The van der Waals surface area contributed by atoms with Gasteiger partial charge in [0.2, 0.25) is 0 Å². The highest BCUT2D eigenvalue weighted by Crippen LogP contribution is 2.30. The normalized spacial score (nSPS) is 17.2. The molecule has 0 aliphatic carbocycles. The maximum atomic E-state index is 12.2. The van der Waals surface area contributed by atoms with E-state index in [9.17, 15) is 14.6 Å². The van der Waals surface area contributed by atoms with Gasteiger partial charge < -0.3 is 20.1 Å². The molecule has 1 heterocycles. The fraction of sp³-hybridized carbons (Fsp3) is 0.188. The van der Waals surface area contributed by atoms with Crippen molar-refractivity contribution in [2.24, 2.45) is 4.99 Å². The molecule has 1 amide bonds. The number of carbonyl (C=O) groups is 2. The largest absolute Gasteiger partial charge is 0.547 e. The van der Waals surface area contributed by atoms with E-state index in [-0.39, 0.29) is 23.3 Å². The van der Waals surface area contributed by atoms with Crippen LogP contribution >= 0.6 is 0 Å². The summed E-state index contributed by atoms with van der Waals surface area (Å²) >= 11 is 0. The highest BCUT2D eigenvalue weighted by molar-refractivity contribution is 6.47. The number of fused-ring (bicyclic) bond motifs is 1. The lowest BCUT2D eigenvalue weighted by Crippen LogP contribution is -2.53. The molecule has 1 aromatic rings. The second-order valence-electron chi connectivity index (χ2n) is 5.09. The van der Waals surface area contributed by atoms with E-state index in [0.29, 0.717) is 5.56 Å². The number of benzene rings is 1. The predicted octanol–water partition coefficient (Wildman–Crippen LogP) is 0.985. The van der Waals surface area contributed by atoms with Crippen molar-refractivity contribution in [2.75, 3.05) is 0 Å². The van der Waals surface area contributed by atoms with Crippen molar-refractivity contribution >= 4 is 25.2 Å². The van der Waals surface area contributed by atoms with Crippen LogP contribution in [0.1, 0.15) is 22.8 Å². The van der Waals surface area contributed by atoms with Crippen LogP contribution in [0.2, 0.25) is 0 Å². The van der Waals surface area contributed by atoms with Gasteiger partial charge in [0, 0.05) is 12.4 Å². The average molecular weight is 328 g/mol. The summed E-state index contributed by atoms with van der Waals surface area (Å²) in [4.78, 5) is 27.3. The number of aliphatic imine (C=N–C) groups is 1. The molecule has 0 saturated heterocycles. The highest BCUT2D eigenvalue weighted by Gasteiger charge is 2.37. The van der Waals surface area contributed by atoms with Crippen molar-refractivity contribution in [3.8, 4) is 5.75 Å². The standard InChI is InChI=1S/C16H17BN2O5/c1-3-10(9-18-4-2)15(20)19-13-8-11-6-5-7-12(16(21)22)14(11)24-17(13)23/h3-7,9,13,23H,1,8H2,2H3,(H,19,20)(H,21,22)/b10-9+,18-4?. The zero-order valence-electron chi connectivity index (χ0n) is 13.1. The Morgan fingerprint density at radius 2 is 2.25 bits per heavy atom. The fourth-order valence-electron chi connectivity index (χ4n) is 2.33. The lowest BCUT2D eigenvalue weighted by molar-refractivity contribution is -0.117. The Labute approximate surface area is 139 Å². The average Bonchev–Trinajstić information content (AvgIpc) is 2.55. The highest BCUT2D eigenvalue weighted by atomic mass is 16.5. The molecule has 7 nitrogen and oxygen atoms in total. The first-order chi connectivity index (χ1) is 11.5. The molecule has 1 aliphatic rings. The van der Waals surface area contributed by atoms with Crippen LogP contribution in [-0.4, -0.2) is 41.3 Å². The van der Waals surface area contributed by atoms with Gasteiger partial charge in [-0.1, -0.05) is 24.8 Å². The van der Waals surface area contributed by atoms with Crippen molar-refractivity contribution in [3.05, 3.63) is 53.8 Å².